The number of nitrogens with zero attached hydrogens (tertiary/aromatic N) is 3. The van der Waals surface area contributed by atoms with Crippen LogP contribution in [0.1, 0.15) is 54.8 Å². The Balaban J connectivity index is 1.56. The maximum atomic E-state index is 14.3. The van der Waals surface area contributed by atoms with E-state index in [1.54, 1.807) is 18.4 Å². The number of benzene rings is 3. The molecule has 0 amide bonds. The van der Waals surface area contributed by atoms with Crippen LogP contribution >= 0.6 is 11.3 Å². The summed E-state index contributed by atoms with van der Waals surface area (Å²) >= 11 is 1.33. The minimum Gasteiger partial charge on any atom is -0.494 e. The van der Waals surface area contributed by atoms with Gasteiger partial charge in [-0.2, -0.15) is 0 Å². The number of allylic oxidation sites excluding steroid dienone is 1. The molecule has 0 bridgehead atoms. The van der Waals surface area contributed by atoms with E-state index < -0.39 is 12.0 Å². The fraction of sp³-hybridized carbons (Fsp3) is 0.250. The van der Waals surface area contributed by atoms with E-state index in [4.69, 9.17) is 14.5 Å². The number of esters is 1. The molecule has 44 heavy (non-hydrogen) atoms. The van der Waals surface area contributed by atoms with Gasteiger partial charge in [-0.15, -0.1) is 0 Å². The number of carbonyl (C=O) groups excluding carboxylic acids is 1. The van der Waals surface area contributed by atoms with Crippen molar-refractivity contribution in [3.8, 4) is 5.75 Å². The monoisotopic (exact) mass is 605 g/mol. The summed E-state index contributed by atoms with van der Waals surface area (Å²) in [5, 5.41) is 1.07. The molecule has 0 aliphatic carbocycles. The summed E-state index contributed by atoms with van der Waals surface area (Å²) in [6, 6.07) is 23.6. The maximum Gasteiger partial charge on any atom is 0.338 e. The molecule has 6 rings (SSSR count). The topological polar surface area (TPSA) is 74.8 Å². The van der Waals surface area contributed by atoms with Gasteiger partial charge >= 0.3 is 5.97 Å². The second-order valence-corrected chi connectivity index (χ2v) is 11.9. The molecular formula is C36H35N3O4S. The van der Waals surface area contributed by atoms with Gasteiger partial charge in [-0.1, -0.05) is 77.6 Å². The first kappa shape index (κ1) is 29.4. The van der Waals surface area contributed by atoms with Crippen molar-refractivity contribution in [2.45, 2.75) is 47.2 Å². The molecule has 224 valence electrons. The molecule has 1 atom stereocenters. The summed E-state index contributed by atoms with van der Waals surface area (Å²) in [4.78, 5) is 33.0. The fourth-order valence-electron chi connectivity index (χ4n) is 6.05. The highest BCUT2D eigenvalue weighted by molar-refractivity contribution is 7.07. The molecule has 0 N–H and O–H groups in total. The molecule has 5 aromatic rings. The number of thiazole rings is 1. The smallest absolute Gasteiger partial charge is 0.338 e. The van der Waals surface area contributed by atoms with Gasteiger partial charge < -0.3 is 14.0 Å². The molecule has 3 aromatic carbocycles. The van der Waals surface area contributed by atoms with Crippen LogP contribution in [0.4, 0.5) is 0 Å². The van der Waals surface area contributed by atoms with Gasteiger partial charge in [-0.3, -0.25) is 9.36 Å². The molecule has 1 aliphatic rings. The Kier molecular flexibility index (Phi) is 8.10. The van der Waals surface area contributed by atoms with Crippen molar-refractivity contribution < 1.29 is 14.3 Å². The minimum atomic E-state index is -0.737. The van der Waals surface area contributed by atoms with Gasteiger partial charge in [0.2, 0.25) is 0 Å². The van der Waals surface area contributed by atoms with Gasteiger partial charge in [-0.25, -0.2) is 9.79 Å². The Labute approximate surface area is 260 Å². The van der Waals surface area contributed by atoms with Crippen LogP contribution in [0.15, 0.2) is 93.9 Å². The molecule has 7 nitrogen and oxygen atoms in total. The highest BCUT2D eigenvalue weighted by Gasteiger charge is 2.35. The number of para-hydroxylation sites is 2. The van der Waals surface area contributed by atoms with Gasteiger partial charge in [0.15, 0.2) is 4.80 Å². The van der Waals surface area contributed by atoms with E-state index in [-0.39, 0.29) is 12.2 Å². The summed E-state index contributed by atoms with van der Waals surface area (Å²) < 4.78 is 15.9. The molecule has 1 aliphatic heterocycles. The number of hydrogen-bond donors (Lipinski definition) is 0. The predicted octanol–water partition coefficient (Wildman–Crippen LogP) is 5.82. The third-order valence-corrected chi connectivity index (χ3v) is 8.99. The fourth-order valence-corrected chi connectivity index (χ4v) is 7.08. The lowest BCUT2D eigenvalue weighted by Gasteiger charge is -2.26. The molecule has 3 heterocycles. The van der Waals surface area contributed by atoms with Crippen LogP contribution in [-0.2, 0) is 16.1 Å². The van der Waals surface area contributed by atoms with Crippen LogP contribution < -0.4 is 19.6 Å². The standard InChI is InChI=1S/C36H35N3O4S/c1-6-42-30-18-11-9-16-27(30)33-32(35(41)43-7-2)23(4)37-36-39(33)34(40)31(44-36)20-28-24(5)38(29-17-10-8-15-26(28)29)21-25-14-12-13-22(3)19-25/h8-20,33H,6-7,21H2,1-5H3/b31-20-/t33-/m0/s1. The van der Waals surface area contributed by atoms with Gasteiger partial charge in [0.25, 0.3) is 5.56 Å². The number of ether oxygens (including phenoxy) is 2. The molecule has 0 spiro atoms. The van der Waals surface area contributed by atoms with Gasteiger partial charge in [0, 0.05) is 34.3 Å². The van der Waals surface area contributed by atoms with Gasteiger partial charge in [0.1, 0.15) is 11.8 Å². The number of aryl methyl sites for hydroxylation is 1. The lowest BCUT2D eigenvalue weighted by Crippen LogP contribution is -2.40. The van der Waals surface area contributed by atoms with E-state index in [0.717, 1.165) is 28.7 Å². The van der Waals surface area contributed by atoms with Crippen molar-refractivity contribution in [3.05, 3.63) is 132 Å². The Morgan fingerprint density at radius 3 is 2.52 bits per heavy atom. The number of carbonyl (C=O) groups is 1. The summed E-state index contributed by atoms with van der Waals surface area (Å²) in [6.07, 6.45) is 1.98. The molecular weight excluding hydrogens is 570 g/mol. The van der Waals surface area contributed by atoms with E-state index in [0.29, 0.717) is 38.5 Å². The van der Waals surface area contributed by atoms with Crippen molar-refractivity contribution in [2.75, 3.05) is 13.2 Å². The third-order valence-electron chi connectivity index (χ3n) is 8.01. The van der Waals surface area contributed by atoms with Crippen LogP contribution in [0.5, 0.6) is 5.75 Å². The summed E-state index contributed by atoms with van der Waals surface area (Å²) in [7, 11) is 0. The van der Waals surface area contributed by atoms with Crippen molar-refractivity contribution in [3.63, 3.8) is 0 Å². The van der Waals surface area contributed by atoms with Crippen LogP contribution in [-0.4, -0.2) is 28.3 Å². The van der Waals surface area contributed by atoms with Crippen molar-refractivity contribution in [1.82, 2.24) is 9.13 Å². The quantitative estimate of drug-likeness (QED) is 0.209. The van der Waals surface area contributed by atoms with Crippen molar-refractivity contribution in [2.24, 2.45) is 4.99 Å². The number of rotatable bonds is 8. The zero-order valence-corrected chi connectivity index (χ0v) is 26.4. The van der Waals surface area contributed by atoms with Crippen LogP contribution in [0.25, 0.3) is 17.0 Å². The van der Waals surface area contributed by atoms with Gasteiger partial charge in [-0.05, 0) is 58.4 Å². The highest BCUT2D eigenvalue weighted by Crippen LogP contribution is 2.36. The zero-order valence-electron chi connectivity index (χ0n) is 25.6. The SMILES string of the molecule is CCOC(=O)C1=C(C)N=c2s/c(=C\c3c(C)n(Cc4cccc(C)c4)c4ccccc34)c(=O)n2[C@H]1c1ccccc1OCC. The normalized spacial score (nSPS) is 14.9. The average Bonchev–Trinajstić information content (AvgIpc) is 3.45. The molecule has 2 aromatic heterocycles. The number of aromatic nitrogens is 2. The first-order chi connectivity index (χ1) is 21.3. The second-order valence-electron chi connectivity index (χ2n) is 10.9. The summed E-state index contributed by atoms with van der Waals surface area (Å²) in [5.74, 6) is 0.121. The van der Waals surface area contributed by atoms with E-state index in [1.165, 1.54) is 22.5 Å². The first-order valence-electron chi connectivity index (χ1n) is 14.9. The van der Waals surface area contributed by atoms with E-state index in [1.807, 2.05) is 49.4 Å². The van der Waals surface area contributed by atoms with Gasteiger partial charge in [0.05, 0.1) is 29.0 Å². The van der Waals surface area contributed by atoms with Crippen LogP contribution in [0.2, 0.25) is 0 Å². The molecule has 0 saturated carbocycles. The first-order valence-corrected chi connectivity index (χ1v) is 15.7. The Hall–Kier alpha value is -4.69. The Morgan fingerprint density at radius 1 is 0.977 bits per heavy atom. The van der Waals surface area contributed by atoms with Crippen molar-refractivity contribution >= 4 is 34.3 Å². The van der Waals surface area contributed by atoms with Crippen LogP contribution in [0, 0.1) is 13.8 Å². The maximum absolute atomic E-state index is 14.3. The lowest BCUT2D eigenvalue weighted by atomic mass is 9.95. The summed E-state index contributed by atoms with van der Waals surface area (Å²) in [6.45, 7) is 11.1. The largest absolute Gasteiger partial charge is 0.494 e. The van der Waals surface area contributed by atoms with Crippen LogP contribution in [0.3, 0.4) is 0 Å². The molecule has 0 saturated heterocycles. The predicted molar refractivity (Wildman–Crippen MR) is 175 cm³/mol. The average molecular weight is 606 g/mol. The number of hydrogen-bond acceptors (Lipinski definition) is 6. The van der Waals surface area contributed by atoms with E-state index >= 15 is 0 Å². The highest BCUT2D eigenvalue weighted by atomic mass is 32.1. The van der Waals surface area contributed by atoms with E-state index in [9.17, 15) is 9.59 Å². The summed E-state index contributed by atoms with van der Waals surface area (Å²) in [5.41, 5.74) is 6.97. The van der Waals surface area contributed by atoms with Crippen molar-refractivity contribution in [1.29, 1.82) is 0 Å². The molecule has 0 fully saturated rings. The zero-order chi connectivity index (χ0) is 31.0. The third kappa shape index (κ3) is 5.19. The molecule has 0 unspecified atom stereocenters. The van der Waals surface area contributed by atoms with E-state index in [2.05, 4.69) is 54.8 Å². The second kappa shape index (κ2) is 12.1. The number of fused-ring (bicyclic) bond motifs is 2. The molecule has 0 radical (unpaired) electrons. The lowest BCUT2D eigenvalue weighted by molar-refractivity contribution is -0.139. The molecule has 8 heteroatoms. The Morgan fingerprint density at radius 2 is 1.75 bits per heavy atom. The Bertz CT molecular complexity index is 2110. The minimum absolute atomic E-state index is 0.214.